The molecule has 1 nitrogen and oxygen atoms in total. The van der Waals surface area contributed by atoms with Gasteiger partial charge in [-0.1, -0.05) is 52.7 Å². The van der Waals surface area contributed by atoms with E-state index < -0.39 is 5.24 Å². The Morgan fingerprint density at radius 2 is 1.83 bits per heavy atom. The molecule has 104 valence electrons. The number of halogens is 1. The summed E-state index contributed by atoms with van der Waals surface area (Å²) in [5.74, 6) is 2.06. The molecule has 0 amide bonds. The average Bonchev–Trinajstić information content (AvgIpc) is 2.25. The van der Waals surface area contributed by atoms with Gasteiger partial charge in [-0.2, -0.15) is 0 Å². The molecule has 0 fully saturated rings. The fourth-order valence-corrected chi connectivity index (χ4v) is 2.35. The van der Waals surface area contributed by atoms with Crippen LogP contribution in [0.1, 0.15) is 53.9 Å². The Balaban J connectivity index is 4.21. The van der Waals surface area contributed by atoms with Crippen LogP contribution < -0.4 is 0 Å². The largest absolute Gasteiger partial charge is 0.276 e. The van der Waals surface area contributed by atoms with Crippen LogP contribution in [0.3, 0.4) is 0 Å². The SMILES string of the molecule is CCCC(C)C(C)CC(C)/C=C/C(C)=C/C(=O)Cl. The van der Waals surface area contributed by atoms with E-state index in [1.54, 1.807) is 0 Å². The molecule has 3 unspecified atom stereocenters. The monoisotopic (exact) mass is 270 g/mol. The number of allylic oxidation sites excluding steroid dienone is 4. The highest BCUT2D eigenvalue weighted by molar-refractivity contribution is 6.66. The van der Waals surface area contributed by atoms with E-state index in [0.29, 0.717) is 5.92 Å². The van der Waals surface area contributed by atoms with E-state index in [9.17, 15) is 4.79 Å². The lowest BCUT2D eigenvalue weighted by Gasteiger charge is -2.21. The molecule has 2 heteroatoms. The van der Waals surface area contributed by atoms with Gasteiger partial charge in [-0.05, 0) is 48.3 Å². The van der Waals surface area contributed by atoms with Crippen LogP contribution in [0.2, 0.25) is 0 Å². The smallest absolute Gasteiger partial charge is 0.245 e. The van der Waals surface area contributed by atoms with E-state index in [1.165, 1.54) is 25.3 Å². The summed E-state index contributed by atoms with van der Waals surface area (Å²) >= 11 is 5.30. The van der Waals surface area contributed by atoms with Crippen molar-refractivity contribution in [2.24, 2.45) is 17.8 Å². The summed E-state index contributed by atoms with van der Waals surface area (Å²) in [6.45, 7) is 11.0. The summed E-state index contributed by atoms with van der Waals surface area (Å²) in [5.41, 5.74) is 0.913. The predicted molar refractivity (Wildman–Crippen MR) is 80.8 cm³/mol. The summed E-state index contributed by atoms with van der Waals surface area (Å²) in [5, 5.41) is -0.408. The molecule has 0 aliphatic rings. The van der Waals surface area contributed by atoms with Gasteiger partial charge in [0.25, 0.3) is 0 Å². The van der Waals surface area contributed by atoms with Gasteiger partial charge in [-0.15, -0.1) is 0 Å². The molecule has 0 aromatic rings. The first kappa shape index (κ1) is 17.4. The molecular weight excluding hydrogens is 244 g/mol. The number of carbonyl (C=O) groups excluding carboxylic acids is 1. The zero-order valence-electron chi connectivity index (χ0n) is 12.4. The van der Waals surface area contributed by atoms with Crippen molar-refractivity contribution in [1.82, 2.24) is 0 Å². The molecule has 0 heterocycles. The molecule has 0 rings (SSSR count). The minimum absolute atomic E-state index is 0.408. The Bertz CT molecular complexity index is 304. The van der Waals surface area contributed by atoms with E-state index in [2.05, 4.69) is 33.8 Å². The summed E-state index contributed by atoms with van der Waals surface area (Å²) in [6, 6.07) is 0. The van der Waals surface area contributed by atoms with E-state index in [-0.39, 0.29) is 0 Å². The molecule has 0 saturated heterocycles. The second-order valence-corrected chi connectivity index (χ2v) is 5.88. The minimum atomic E-state index is -0.408. The molecule has 0 saturated carbocycles. The Morgan fingerprint density at radius 3 is 2.33 bits per heavy atom. The summed E-state index contributed by atoms with van der Waals surface area (Å²) < 4.78 is 0. The highest BCUT2D eigenvalue weighted by Gasteiger charge is 2.13. The maximum atomic E-state index is 10.7. The lowest BCUT2D eigenvalue weighted by molar-refractivity contribution is -0.107. The van der Waals surface area contributed by atoms with Gasteiger partial charge in [0.1, 0.15) is 0 Å². The zero-order valence-corrected chi connectivity index (χ0v) is 13.1. The van der Waals surface area contributed by atoms with Crippen molar-refractivity contribution >= 4 is 16.8 Å². The Kier molecular flexibility index (Phi) is 9.09. The first-order valence-electron chi connectivity index (χ1n) is 6.92. The molecule has 3 atom stereocenters. The first-order chi connectivity index (χ1) is 8.36. The van der Waals surface area contributed by atoms with Gasteiger partial charge in [0.05, 0.1) is 0 Å². The van der Waals surface area contributed by atoms with E-state index in [0.717, 1.165) is 17.4 Å². The molecular formula is C16H27ClO. The van der Waals surface area contributed by atoms with E-state index in [4.69, 9.17) is 11.6 Å². The lowest BCUT2D eigenvalue weighted by Crippen LogP contribution is -2.10. The van der Waals surface area contributed by atoms with E-state index >= 15 is 0 Å². The highest BCUT2D eigenvalue weighted by Crippen LogP contribution is 2.24. The quantitative estimate of drug-likeness (QED) is 0.330. The van der Waals surface area contributed by atoms with Crippen molar-refractivity contribution < 1.29 is 4.79 Å². The summed E-state index contributed by atoms with van der Waals surface area (Å²) in [4.78, 5) is 10.7. The van der Waals surface area contributed by atoms with Crippen LogP contribution in [0.15, 0.2) is 23.8 Å². The first-order valence-corrected chi connectivity index (χ1v) is 7.30. The van der Waals surface area contributed by atoms with Crippen LogP contribution >= 0.6 is 11.6 Å². The van der Waals surface area contributed by atoms with Gasteiger partial charge in [0, 0.05) is 6.08 Å². The van der Waals surface area contributed by atoms with E-state index in [1.807, 2.05) is 13.0 Å². The van der Waals surface area contributed by atoms with Gasteiger partial charge in [0.2, 0.25) is 5.24 Å². The molecule has 18 heavy (non-hydrogen) atoms. The van der Waals surface area contributed by atoms with Crippen LogP contribution in [0.25, 0.3) is 0 Å². The Morgan fingerprint density at radius 1 is 1.22 bits per heavy atom. The molecule has 0 N–H and O–H groups in total. The van der Waals surface area contributed by atoms with Crippen LogP contribution in [0, 0.1) is 17.8 Å². The number of hydrogen-bond donors (Lipinski definition) is 0. The summed E-state index contributed by atoms with van der Waals surface area (Å²) in [7, 11) is 0. The molecule has 0 aromatic carbocycles. The minimum Gasteiger partial charge on any atom is -0.276 e. The predicted octanol–water partition coefficient (Wildman–Crippen LogP) is 5.35. The van der Waals surface area contributed by atoms with Crippen molar-refractivity contribution in [1.29, 1.82) is 0 Å². The highest BCUT2D eigenvalue weighted by atomic mass is 35.5. The number of rotatable bonds is 8. The van der Waals surface area contributed by atoms with Crippen molar-refractivity contribution in [3.05, 3.63) is 23.8 Å². The third-order valence-electron chi connectivity index (χ3n) is 3.49. The third kappa shape index (κ3) is 8.52. The normalized spacial score (nSPS) is 17.8. The van der Waals surface area contributed by atoms with Crippen molar-refractivity contribution in [3.8, 4) is 0 Å². The van der Waals surface area contributed by atoms with Crippen molar-refractivity contribution in [2.75, 3.05) is 0 Å². The number of hydrogen-bond acceptors (Lipinski definition) is 1. The molecule has 0 aromatic heterocycles. The number of carbonyl (C=O) groups is 1. The van der Waals surface area contributed by atoms with Crippen molar-refractivity contribution in [3.63, 3.8) is 0 Å². The van der Waals surface area contributed by atoms with Crippen LogP contribution in [-0.2, 0) is 4.79 Å². The standard InChI is InChI=1S/C16H27ClO/c1-6-7-14(4)15(5)10-12(2)8-9-13(3)11-16(17)18/h8-9,11-12,14-15H,6-7,10H2,1-5H3/b9-8+,13-11+. The van der Waals surface area contributed by atoms with Gasteiger partial charge in [-0.3, -0.25) is 4.79 Å². The summed E-state index contributed by atoms with van der Waals surface area (Å²) in [6.07, 6.45) is 9.36. The van der Waals surface area contributed by atoms with Gasteiger partial charge in [0.15, 0.2) is 0 Å². The molecule has 0 aliphatic heterocycles. The van der Waals surface area contributed by atoms with Crippen LogP contribution in [-0.4, -0.2) is 5.24 Å². The fourth-order valence-electron chi connectivity index (χ4n) is 2.18. The van der Waals surface area contributed by atoms with Gasteiger partial charge < -0.3 is 0 Å². The second-order valence-electron chi connectivity index (χ2n) is 5.51. The Hall–Kier alpha value is -0.560. The van der Waals surface area contributed by atoms with Gasteiger partial charge >= 0.3 is 0 Å². The maximum absolute atomic E-state index is 10.7. The maximum Gasteiger partial charge on any atom is 0.245 e. The lowest BCUT2D eigenvalue weighted by atomic mass is 9.85. The van der Waals surface area contributed by atoms with Crippen molar-refractivity contribution in [2.45, 2.75) is 53.9 Å². The second kappa shape index (κ2) is 9.38. The van der Waals surface area contributed by atoms with Gasteiger partial charge in [-0.25, -0.2) is 0 Å². The molecule has 0 bridgehead atoms. The molecule has 0 aliphatic carbocycles. The topological polar surface area (TPSA) is 17.1 Å². The third-order valence-corrected chi connectivity index (χ3v) is 3.60. The fraction of sp³-hybridized carbons (Fsp3) is 0.688. The van der Waals surface area contributed by atoms with Crippen LogP contribution in [0.4, 0.5) is 0 Å². The van der Waals surface area contributed by atoms with Crippen LogP contribution in [0.5, 0.6) is 0 Å². The zero-order chi connectivity index (χ0) is 14.1. The molecule has 0 radical (unpaired) electrons. The Labute approximate surface area is 117 Å². The molecule has 0 spiro atoms. The average molecular weight is 271 g/mol.